The highest BCUT2D eigenvalue weighted by atomic mass is 16.7. The Morgan fingerprint density at radius 3 is 2.75 bits per heavy atom. The Kier molecular flexibility index (Phi) is 1.80. The molecule has 0 amide bonds. The van der Waals surface area contributed by atoms with Gasteiger partial charge in [0.15, 0.2) is 11.5 Å². The summed E-state index contributed by atoms with van der Waals surface area (Å²) in [7, 11) is 1.31. The lowest BCUT2D eigenvalue weighted by atomic mass is 10.2. The van der Waals surface area contributed by atoms with Crippen molar-refractivity contribution >= 4 is 16.9 Å². The van der Waals surface area contributed by atoms with Crippen molar-refractivity contribution in [2.45, 2.75) is 0 Å². The molecular formula is C11H8O5. The zero-order chi connectivity index (χ0) is 11.1. The van der Waals surface area contributed by atoms with E-state index in [1.165, 1.54) is 7.11 Å². The number of furan rings is 1. The molecule has 0 atom stereocenters. The first-order valence-electron chi connectivity index (χ1n) is 4.69. The zero-order valence-corrected chi connectivity index (χ0v) is 8.48. The summed E-state index contributed by atoms with van der Waals surface area (Å²) in [6.07, 6.45) is 0. The molecule has 0 saturated carbocycles. The van der Waals surface area contributed by atoms with E-state index < -0.39 is 5.97 Å². The maximum Gasteiger partial charge on any atom is 0.373 e. The van der Waals surface area contributed by atoms with Gasteiger partial charge in [-0.05, 0) is 12.1 Å². The third-order valence-corrected chi connectivity index (χ3v) is 2.40. The molecule has 3 rings (SSSR count). The average molecular weight is 220 g/mol. The molecule has 0 fully saturated rings. The van der Waals surface area contributed by atoms with E-state index in [1.54, 1.807) is 18.2 Å². The van der Waals surface area contributed by atoms with Gasteiger partial charge in [-0.25, -0.2) is 4.79 Å². The van der Waals surface area contributed by atoms with Crippen LogP contribution in [0.2, 0.25) is 0 Å². The van der Waals surface area contributed by atoms with Crippen molar-refractivity contribution < 1.29 is 23.4 Å². The SMILES string of the molecule is COC(=O)c1cc2cc3c(cc2o1)OCO3. The number of esters is 1. The lowest BCUT2D eigenvalue weighted by Gasteiger charge is -1.93. The molecule has 1 aromatic carbocycles. The molecule has 0 saturated heterocycles. The van der Waals surface area contributed by atoms with Gasteiger partial charge in [0.05, 0.1) is 7.11 Å². The van der Waals surface area contributed by atoms with Crippen LogP contribution in [0.25, 0.3) is 11.0 Å². The third kappa shape index (κ3) is 1.21. The van der Waals surface area contributed by atoms with Crippen molar-refractivity contribution in [3.8, 4) is 11.5 Å². The molecule has 1 aromatic heterocycles. The highest BCUT2D eigenvalue weighted by Crippen LogP contribution is 2.37. The summed E-state index contributed by atoms with van der Waals surface area (Å²) in [5, 5.41) is 0.782. The van der Waals surface area contributed by atoms with Crippen LogP contribution in [0.5, 0.6) is 11.5 Å². The standard InChI is InChI=1S/C11H8O5/c1-13-11(12)10-3-6-2-8-9(15-5-14-8)4-7(6)16-10/h2-4H,5H2,1H3. The number of carbonyl (C=O) groups is 1. The van der Waals surface area contributed by atoms with E-state index in [4.69, 9.17) is 13.9 Å². The van der Waals surface area contributed by atoms with Crippen molar-refractivity contribution in [3.05, 3.63) is 24.0 Å². The van der Waals surface area contributed by atoms with Gasteiger partial charge in [-0.2, -0.15) is 0 Å². The summed E-state index contributed by atoms with van der Waals surface area (Å²) in [4.78, 5) is 11.3. The molecule has 1 aliphatic rings. The molecule has 0 unspecified atom stereocenters. The van der Waals surface area contributed by atoms with E-state index in [1.807, 2.05) is 0 Å². The van der Waals surface area contributed by atoms with E-state index in [2.05, 4.69) is 4.74 Å². The largest absolute Gasteiger partial charge is 0.463 e. The lowest BCUT2D eigenvalue weighted by Crippen LogP contribution is -1.97. The Balaban J connectivity index is 2.15. The van der Waals surface area contributed by atoms with Gasteiger partial charge in [-0.15, -0.1) is 0 Å². The molecule has 0 spiro atoms. The van der Waals surface area contributed by atoms with Gasteiger partial charge in [0.1, 0.15) is 5.58 Å². The molecule has 2 heterocycles. The summed E-state index contributed by atoms with van der Waals surface area (Å²) in [5.41, 5.74) is 0.574. The molecule has 5 heteroatoms. The molecular weight excluding hydrogens is 212 g/mol. The number of methoxy groups -OCH3 is 1. The van der Waals surface area contributed by atoms with Gasteiger partial charge in [-0.3, -0.25) is 0 Å². The van der Waals surface area contributed by atoms with E-state index >= 15 is 0 Å². The number of ether oxygens (including phenoxy) is 3. The van der Waals surface area contributed by atoms with Crippen molar-refractivity contribution in [1.29, 1.82) is 0 Å². The topological polar surface area (TPSA) is 57.9 Å². The summed E-state index contributed by atoms with van der Waals surface area (Å²) in [6.45, 7) is 0.214. The first-order valence-corrected chi connectivity index (χ1v) is 4.69. The molecule has 1 aliphatic heterocycles. The Bertz CT molecular complexity index is 528. The van der Waals surface area contributed by atoms with Gasteiger partial charge in [0, 0.05) is 11.5 Å². The highest BCUT2D eigenvalue weighted by molar-refractivity contribution is 5.93. The molecule has 2 aromatic rings. The monoisotopic (exact) mass is 220 g/mol. The lowest BCUT2D eigenvalue weighted by molar-refractivity contribution is 0.0567. The fraction of sp³-hybridized carbons (Fsp3) is 0.182. The highest BCUT2D eigenvalue weighted by Gasteiger charge is 2.18. The van der Waals surface area contributed by atoms with Crippen LogP contribution in [-0.4, -0.2) is 19.9 Å². The Labute approximate surface area is 90.5 Å². The van der Waals surface area contributed by atoms with Gasteiger partial charge < -0.3 is 18.6 Å². The average Bonchev–Trinajstić information content (AvgIpc) is 2.89. The Hall–Kier alpha value is -2.17. The van der Waals surface area contributed by atoms with Gasteiger partial charge >= 0.3 is 5.97 Å². The van der Waals surface area contributed by atoms with Crippen LogP contribution in [0.3, 0.4) is 0 Å². The summed E-state index contributed by atoms with van der Waals surface area (Å²) < 4.78 is 20.3. The number of hydrogen-bond acceptors (Lipinski definition) is 5. The fourth-order valence-corrected chi connectivity index (χ4v) is 1.63. The van der Waals surface area contributed by atoms with Crippen LogP contribution >= 0.6 is 0 Å². The minimum absolute atomic E-state index is 0.168. The first kappa shape index (κ1) is 9.08. The van der Waals surface area contributed by atoms with Crippen LogP contribution in [0, 0.1) is 0 Å². The summed E-state index contributed by atoms with van der Waals surface area (Å²) in [6, 6.07) is 5.08. The van der Waals surface area contributed by atoms with Gasteiger partial charge in [0.2, 0.25) is 12.6 Å². The van der Waals surface area contributed by atoms with E-state index in [9.17, 15) is 4.79 Å². The Morgan fingerprint density at radius 1 is 1.25 bits per heavy atom. The number of rotatable bonds is 1. The Morgan fingerprint density at radius 2 is 2.00 bits per heavy atom. The van der Waals surface area contributed by atoms with E-state index in [0.717, 1.165) is 5.39 Å². The summed E-state index contributed by atoms with van der Waals surface area (Å²) >= 11 is 0. The molecule has 5 nitrogen and oxygen atoms in total. The van der Waals surface area contributed by atoms with Gasteiger partial charge in [-0.1, -0.05) is 0 Å². The molecule has 16 heavy (non-hydrogen) atoms. The smallest absolute Gasteiger partial charge is 0.373 e. The predicted molar refractivity (Wildman–Crippen MR) is 53.7 cm³/mol. The minimum Gasteiger partial charge on any atom is -0.463 e. The predicted octanol–water partition coefficient (Wildman–Crippen LogP) is 1.95. The summed E-state index contributed by atoms with van der Waals surface area (Å²) in [5.74, 6) is 0.947. The second kappa shape index (κ2) is 3.16. The number of carbonyl (C=O) groups excluding carboxylic acids is 1. The van der Waals surface area contributed by atoms with Crippen LogP contribution in [-0.2, 0) is 4.74 Å². The maximum absolute atomic E-state index is 11.3. The van der Waals surface area contributed by atoms with E-state index in [0.29, 0.717) is 17.1 Å². The quantitative estimate of drug-likeness (QED) is 0.687. The van der Waals surface area contributed by atoms with Crippen molar-refractivity contribution in [2.24, 2.45) is 0 Å². The molecule has 0 radical (unpaired) electrons. The van der Waals surface area contributed by atoms with Crippen molar-refractivity contribution in [3.63, 3.8) is 0 Å². The molecule has 82 valence electrons. The van der Waals surface area contributed by atoms with E-state index in [-0.39, 0.29) is 12.6 Å². The second-order valence-corrected chi connectivity index (χ2v) is 3.35. The van der Waals surface area contributed by atoms with Crippen LogP contribution < -0.4 is 9.47 Å². The maximum atomic E-state index is 11.3. The van der Waals surface area contributed by atoms with Gasteiger partial charge in [0.25, 0.3) is 0 Å². The minimum atomic E-state index is -0.502. The zero-order valence-electron chi connectivity index (χ0n) is 8.48. The molecule has 0 N–H and O–H groups in total. The first-order chi connectivity index (χ1) is 7.78. The van der Waals surface area contributed by atoms with Crippen LogP contribution in [0.1, 0.15) is 10.6 Å². The van der Waals surface area contributed by atoms with Crippen molar-refractivity contribution in [2.75, 3.05) is 13.9 Å². The fourth-order valence-electron chi connectivity index (χ4n) is 1.63. The molecule has 0 aliphatic carbocycles. The number of benzene rings is 1. The normalized spacial score (nSPS) is 13.1. The second-order valence-electron chi connectivity index (χ2n) is 3.35. The van der Waals surface area contributed by atoms with Crippen molar-refractivity contribution in [1.82, 2.24) is 0 Å². The van der Waals surface area contributed by atoms with Crippen LogP contribution in [0.4, 0.5) is 0 Å². The third-order valence-electron chi connectivity index (χ3n) is 2.40. The molecule has 0 bridgehead atoms. The van der Waals surface area contributed by atoms with Crippen LogP contribution in [0.15, 0.2) is 22.6 Å². The number of hydrogen-bond donors (Lipinski definition) is 0. The number of fused-ring (bicyclic) bond motifs is 2.